The molecule has 0 aromatic heterocycles. The first-order chi connectivity index (χ1) is 22.3. The van der Waals surface area contributed by atoms with E-state index in [0.717, 1.165) is 0 Å². The molecule has 0 aromatic carbocycles. The van der Waals surface area contributed by atoms with Crippen molar-refractivity contribution >= 4 is 15.9 Å². The topological polar surface area (TPSA) is 222 Å². The standard InChI is InChI=1S/C8H14O4.2C7H12O4.C6H10O4.CH3Br.K.H2O/c1-9-5-3-11-8-6(10-2)4-12-7(5)8;2*1-9-5-3-11-6-4(8)2-10-7(5)6;7-3-1-9-6-4(8)2-10-5(3)6;1-2;;/h5-8H,3-4H2,1-2H3;2*4-8H,2-3H2,1H3;3-8H,1-2H2;1H3;;1H2/q;;;;;+1;/p-1/t5-,6+,7?,8?;2*4-,5+,6?,7?;3-,4+,5?,6?;;;/m.10..../s1. The fourth-order valence-corrected chi connectivity index (χ4v) is 6.58. The van der Waals surface area contributed by atoms with Crippen LogP contribution in [0.5, 0.6) is 0 Å². The molecule has 16 atom stereocenters. The van der Waals surface area contributed by atoms with Gasteiger partial charge in [-0.3, -0.25) is 0 Å². The Kier molecular flexibility index (Phi) is 21.5. The summed E-state index contributed by atoms with van der Waals surface area (Å²) in [6.07, 6.45) is -2.81. The summed E-state index contributed by atoms with van der Waals surface area (Å²) in [5, 5.41) is 36.9. The minimum absolute atomic E-state index is 0. The molecule has 8 rings (SSSR count). The summed E-state index contributed by atoms with van der Waals surface area (Å²) in [4.78, 5) is 0. The number of hydrogen-bond acceptors (Lipinski definition) is 17. The third kappa shape index (κ3) is 10.8. The van der Waals surface area contributed by atoms with Gasteiger partial charge in [0.25, 0.3) is 0 Å². The van der Waals surface area contributed by atoms with Crippen LogP contribution in [-0.4, -0.2) is 211 Å². The van der Waals surface area contributed by atoms with Gasteiger partial charge in [0, 0.05) is 28.4 Å². The van der Waals surface area contributed by atoms with Crippen LogP contribution in [0.4, 0.5) is 0 Å². The first-order valence-corrected chi connectivity index (χ1v) is 17.0. The Morgan fingerprint density at radius 1 is 0.375 bits per heavy atom. The van der Waals surface area contributed by atoms with E-state index in [1.807, 2.05) is 5.83 Å². The predicted octanol–water partition coefficient (Wildman–Crippen LogP) is -5.52. The van der Waals surface area contributed by atoms with Crippen LogP contribution in [0.3, 0.4) is 0 Å². The van der Waals surface area contributed by atoms with Gasteiger partial charge >= 0.3 is 51.4 Å². The van der Waals surface area contributed by atoms with E-state index in [1.54, 1.807) is 28.4 Å². The Balaban J connectivity index is 0.000000216. The zero-order valence-electron chi connectivity index (χ0n) is 28.4. The Bertz CT molecular complexity index is 818. The number of rotatable bonds is 4. The number of halogens is 1. The van der Waals surface area contributed by atoms with Crippen molar-refractivity contribution in [1.82, 2.24) is 0 Å². The molecule has 17 nitrogen and oxygen atoms in total. The number of ether oxygens (including phenoxy) is 12. The number of aliphatic hydroxyl groups is 4. The maximum absolute atomic E-state index is 9.31. The third-order valence-electron chi connectivity index (χ3n) is 9.14. The van der Waals surface area contributed by atoms with Crippen LogP contribution in [0.1, 0.15) is 0 Å². The molecule has 0 spiro atoms. The number of aliphatic hydroxyl groups excluding tert-OH is 4. The smallest absolute Gasteiger partial charge is 0.870 e. The van der Waals surface area contributed by atoms with E-state index < -0.39 is 24.4 Å². The molecule has 8 aliphatic heterocycles. The van der Waals surface area contributed by atoms with Crippen molar-refractivity contribution in [1.29, 1.82) is 0 Å². The van der Waals surface area contributed by atoms with Gasteiger partial charge in [0.05, 0.1) is 52.9 Å². The number of hydrogen-bond donors (Lipinski definition) is 4. The van der Waals surface area contributed by atoms with Crippen molar-refractivity contribution in [2.24, 2.45) is 0 Å². The largest absolute Gasteiger partial charge is 1.00 e. The van der Waals surface area contributed by atoms with Crippen LogP contribution in [0.2, 0.25) is 0 Å². The maximum atomic E-state index is 9.31. The Morgan fingerprint density at radius 2 is 0.542 bits per heavy atom. The van der Waals surface area contributed by atoms with Gasteiger partial charge in [-0.2, -0.15) is 0 Å². The monoisotopic (exact) mass is 790 g/mol. The second-order valence-corrected chi connectivity index (χ2v) is 11.7. The Hall–Kier alpha value is 1.44. The van der Waals surface area contributed by atoms with Gasteiger partial charge in [-0.05, 0) is 5.83 Å². The van der Waals surface area contributed by atoms with E-state index >= 15 is 0 Å². The molecule has 8 heterocycles. The van der Waals surface area contributed by atoms with Crippen molar-refractivity contribution in [2.45, 2.75) is 97.7 Å². The summed E-state index contributed by atoms with van der Waals surface area (Å²) in [6.45, 7) is 3.60. The SMILES string of the molecule is CBr.CO[C@@H]1COC2C1OC[C@@H]2O.CO[C@H]1COC2C1OC[C@H]2O.CO[C@H]1COC2C1OC[C@H]2OC.O[C@@H]1COC2C1OC[C@@H]2O.[K+].[OH-]. The van der Waals surface area contributed by atoms with Crippen molar-refractivity contribution < 1.29 is 134 Å². The van der Waals surface area contributed by atoms with Crippen LogP contribution < -0.4 is 51.4 Å². The summed E-state index contributed by atoms with van der Waals surface area (Å²) in [6, 6.07) is 0. The molecule has 19 heteroatoms. The van der Waals surface area contributed by atoms with E-state index in [4.69, 9.17) is 67.1 Å². The molecule has 0 aromatic rings. The molecule has 0 saturated carbocycles. The Morgan fingerprint density at radius 3 is 0.792 bits per heavy atom. The van der Waals surface area contributed by atoms with Crippen LogP contribution in [0, 0.1) is 0 Å². The fraction of sp³-hybridized carbons (Fsp3) is 1.00. The second-order valence-electron chi connectivity index (χ2n) is 11.7. The molecule has 0 aliphatic carbocycles. The van der Waals surface area contributed by atoms with Gasteiger partial charge in [0.15, 0.2) is 0 Å². The fourth-order valence-electron chi connectivity index (χ4n) is 6.58. The summed E-state index contributed by atoms with van der Waals surface area (Å²) in [5.74, 6) is 1.81. The van der Waals surface area contributed by atoms with Gasteiger partial charge in [-0.25, -0.2) is 0 Å². The molecule has 48 heavy (non-hydrogen) atoms. The van der Waals surface area contributed by atoms with Crippen molar-refractivity contribution in [3.8, 4) is 0 Å². The van der Waals surface area contributed by atoms with Crippen molar-refractivity contribution in [2.75, 3.05) is 87.1 Å². The zero-order chi connectivity index (χ0) is 33.4. The van der Waals surface area contributed by atoms with Gasteiger partial charge in [0.1, 0.15) is 97.7 Å². The van der Waals surface area contributed by atoms with Crippen LogP contribution >= 0.6 is 15.9 Å². The van der Waals surface area contributed by atoms with Crippen LogP contribution in [0.15, 0.2) is 0 Å². The summed E-state index contributed by atoms with van der Waals surface area (Å²) < 4.78 is 63.0. The van der Waals surface area contributed by atoms with Gasteiger partial charge < -0.3 is 82.7 Å². The molecule has 5 N–H and O–H groups in total. The van der Waals surface area contributed by atoms with E-state index in [1.165, 1.54) is 0 Å². The number of fused-ring (bicyclic) bond motifs is 4. The summed E-state index contributed by atoms with van der Waals surface area (Å²) in [7, 11) is 6.62. The molecule has 8 fully saturated rings. The minimum Gasteiger partial charge on any atom is -0.870 e. The second kappa shape index (κ2) is 22.6. The van der Waals surface area contributed by atoms with Gasteiger partial charge in [0.2, 0.25) is 0 Å². The maximum Gasteiger partial charge on any atom is 1.00 e. The molecule has 8 unspecified atom stereocenters. The molecule has 0 amide bonds. The molecule has 8 saturated heterocycles. The Labute approximate surface area is 332 Å². The summed E-state index contributed by atoms with van der Waals surface area (Å²) >= 11 is 2.94. The number of alkyl halides is 1. The quantitative estimate of drug-likeness (QED) is 0.154. The molecular weight excluding hydrogens is 739 g/mol. The van der Waals surface area contributed by atoms with E-state index in [9.17, 15) is 10.2 Å². The first-order valence-electron chi connectivity index (χ1n) is 15.4. The number of methoxy groups -OCH3 is 4. The predicted molar refractivity (Wildman–Crippen MR) is 162 cm³/mol. The molecule has 0 bridgehead atoms. The molecular formula is C29H52BrKO17. The first kappa shape index (κ1) is 45.6. The van der Waals surface area contributed by atoms with Gasteiger partial charge in [-0.15, -0.1) is 0 Å². The van der Waals surface area contributed by atoms with Gasteiger partial charge in [-0.1, -0.05) is 15.9 Å². The van der Waals surface area contributed by atoms with Crippen LogP contribution in [0.25, 0.3) is 0 Å². The normalized spacial score (nSPS) is 45.6. The summed E-state index contributed by atoms with van der Waals surface area (Å²) in [5.41, 5.74) is 0. The average Bonchev–Trinajstić information content (AvgIpc) is 3.92. The zero-order valence-corrected chi connectivity index (χ0v) is 33.1. The molecule has 0 radical (unpaired) electrons. The van der Waals surface area contributed by atoms with E-state index in [0.29, 0.717) is 39.6 Å². The van der Waals surface area contributed by atoms with Crippen molar-refractivity contribution in [3.05, 3.63) is 0 Å². The molecule has 8 aliphatic rings. The third-order valence-corrected chi connectivity index (χ3v) is 9.14. The minimum atomic E-state index is -0.554. The van der Waals surface area contributed by atoms with Crippen LogP contribution in [-0.2, 0) is 56.8 Å². The molecule has 278 valence electrons. The van der Waals surface area contributed by atoms with E-state index in [-0.39, 0.29) is 143 Å². The van der Waals surface area contributed by atoms with E-state index in [2.05, 4.69) is 15.9 Å². The van der Waals surface area contributed by atoms with Crippen molar-refractivity contribution in [3.63, 3.8) is 0 Å². The average molecular weight is 792 g/mol.